The van der Waals surface area contributed by atoms with Crippen molar-refractivity contribution in [2.75, 3.05) is 13.1 Å². The van der Waals surface area contributed by atoms with E-state index in [0.29, 0.717) is 0 Å². The predicted octanol–water partition coefficient (Wildman–Crippen LogP) is 0.988. The molecule has 0 aromatic heterocycles. The van der Waals surface area contributed by atoms with Crippen LogP contribution in [-0.4, -0.2) is 48.4 Å². The molecule has 1 aliphatic rings. The zero-order chi connectivity index (χ0) is 14.9. The summed E-state index contributed by atoms with van der Waals surface area (Å²) in [6.07, 6.45) is -1.61. The molecule has 1 aliphatic heterocycles. The molecule has 5 nitrogen and oxygen atoms in total. The number of halogens is 1. The van der Waals surface area contributed by atoms with Crippen LogP contribution in [-0.2, 0) is 10.0 Å². The fourth-order valence-corrected chi connectivity index (χ4v) is 3.37. The van der Waals surface area contributed by atoms with Crippen LogP contribution in [0.15, 0.2) is 24.3 Å². The van der Waals surface area contributed by atoms with E-state index in [4.69, 9.17) is 4.74 Å². The van der Waals surface area contributed by atoms with Gasteiger partial charge in [-0.05, 0) is 26.0 Å². The Morgan fingerprint density at radius 3 is 2.70 bits per heavy atom. The summed E-state index contributed by atoms with van der Waals surface area (Å²) in [4.78, 5) is 0. The lowest BCUT2D eigenvalue weighted by Crippen LogP contribution is -2.35. The predicted molar refractivity (Wildman–Crippen MR) is 72.5 cm³/mol. The lowest BCUT2D eigenvalue weighted by molar-refractivity contribution is 0.0735. The van der Waals surface area contributed by atoms with E-state index in [0.717, 1.165) is 0 Å². The molecule has 2 rings (SSSR count). The zero-order valence-electron chi connectivity index (χ0n) is 11.4. The largest absolute Gasteiger partial charge is 0.486 e. The maximum atomic E-state index is 13.1. The number of rotatable bonds is 4. The molecule has 1 aromatic rings. The number of hydrogen-bond acceptors (Lipinski definition) is 4. The van der Waals surface area contributed by atoms with Crippen LogP contribution in [0.2, 0.25) is 0 Å². The molecule has 0 saturated carbocycles. The first-order valence-corrected chi connectivity index (χ1v) is 7.90. The van der Waals surface area contributed by atoms with Gasteiger partial charge in [-0.1, -0.05) is 6.07 Å². The van der Waals surface area contributed by atoms with Crippen molar-refractivity contribution in [2.45, 2.75) is 31.3 Å². The molecule has 1 fully saturated rings. The first-order chi connectivity index (χ1) is 9.30. The monoisotopic (exact) mass is 303 g/mol. The van der Waals surface area contributed by atoms with Gasteiger partial charge in [-0.25, -0.2) is 12.8 Å². The van der Waals surface area contributed by atoms with Crippen molar-refractivity contribution in [1.29, 1.82) is 0 Å². The van der Waals surface area contributed by atoms with E-state index in [2.05, 4.69) is 0 Å². The first kappa shape index (κ1) is 15.2. The highest BCUT2D eigenvalue weighted by atomic mass is 32.2. The Morgan fingerprint density at radius 2 is 2.10 bits per heavy atom. The van der Waals surface area contributed by atoms with Gasteiger partial charge in [0.1, 0.15) is 23.8 Å². The summed E-state index contributed by atoms with van der Waals surface area (Å²) in [6, 6.07) is 5.55. The molecule has 0 aliphatic carbocycles. The fraction of sp³-hybridized carbons (Fsp3) is 0.538. The molecule has 0 unspecified atom stereocenters. The summed E-state index contributed by atoms with van der Waals surface area (Å²) in [5.41, 5.74) is 0. The van der Waals surface area contributed by atoms with E-state index in [9.17, 15) is 17.9 Å². The van der Waals surface area contributed by atoms with Crippen LogP contribution >= 0.6 is 0 Å². The van der Waals surface area contributed by atoms with Crippen LogP contribution in [0.5, 0.6) is 5.75 Å². The molecular weight excluding hydrogens is 285 g/mol. The highest BCUT2D eigenvalue weighted by Crippen LogP contribution is 2.23. The molecule has 0 spiro atoms. The first-order valence-electron chi connectivity index (χ1n) is 6.40. The van der Waals surface area contributed by atoms with Gasteiger partial charge in [0, 0.05) is 12.6 Å². The van der Waals surface area contributed by atoms with Crippen molar-refractivity contribution in [1.82, 2.24) is 4.31 Å². The Kier molecular flexibility index (Phi) is 4.31. The van der Waals surface area contributed by atoms with Gasteiger partial charge in [-0.3, -0.25) is 0 Å². The minimum absolute atomic E-state index is 0.000492. The van der Waals surface area contributed by atoms with Gasteiger partial charge < -0.3 is 9.84 Å². The summed E-state index contributed by atoms with van der Waals surface area (Å²) >= 11 is 0. The minimum atomic E-state index is -3.42. The SMILES string of the molecule is CC(C)S(=O)(=O)N1C[C@@H](O)[C@H](Oc2cccc(F)c2)C1. The molecule has 1 N–H and O–H groups in total. The lowest BCUT2D eigenvalue weighted by atomic mass is 10.2. The van der Waals surface area contributed by atoms with Gasteiger partial charge in [0.15, 0.2) is 0 Å². The number of β-amino-alcohol motifs (C(OH)–C–C–N with tert-alkyl or cyclic N) is 1. The second kappa shape index (κ2) is 5.67. The number of ether oxygens (including phenoxy) is 1. The summed E-state index contributed by atoms with van der Waals surface area (Å²) in [5, 5.41) is 9.36. The number of benzene rings is 1. The van der Waals surface area contributed by atoms with E-state index in [-0.39, 0.29) is 18.8 Å². The van der Waals surface area contributed by atoms with Crippen molar-refractivity contribution in [3.05, 3.63) is 30.1 Å². The Hall–Kier alpha value is -1.18. The van der Waals surface area contributed by atoms with Crippen LogP contribution in [0.3, 0.4) is 0 Å². The Bertz CT molecular complexity index is 575. The number of sulfonamides is 1. The third kappa shape index (κ3) is 3.11. The second-order valence-corrected chi connectivity index (χ2v) is 7.58. The topological polar surface area (TPSA) is 66.8 Å². The van der Waals surface area contributed by atoms with E-state index in [1.54, 1.807) is 19.9 Å². The zero-order valence-corrected chi connectivity index (χ0v) is 12.2. The molecule has 2 atom stereocenters. The normalized spacial score (nSPS) is 24.2. The Labute approximate surface area is 118 Å². The van der Waals surface area contributed by atoms with Gasteiger partial charge in [0.25, 0.3) is 0 Å². The summed E-state index contributed by atoms with van der Waals surface area (Å²) in [5.74, 6) is -0.167. The van der Waals surface area contributed by atoms with Gasteiger partial charge in [0.05, 0.1) is 11.8 Å². The number of hydrogen-bond donors (Lipinski definition) is 1. The van der Waals surface area contributed by atoms with Crippen LogP contribution in [0.1, 0.15) is 13.8 Å². The maximum absolute atomic E-state index is 13.1. The van der Waals surface area contributed by atoms with Crippen LogP contribution in [0, 0.1) is 5.82 Å². The van der Waals surface area contributed by atoms with E-state index >= 15 is 0 Å². The third-order valence-electron chi connectivity index (χ3n) is 3.24. The van der Waals surface area contributed by atoms with Gasteiger partial charge in [0.2, 0.25) is 10.0 Å². The lowest BCUT2D eigenvalue weighted by Gasteiger charge is -2.19. The standard InChI is InChI=1S/C13H18FNO4S/c1-9(2)20(17,18)15-7-12(16)13(8-15)19-11-5-3-4-10(14)6-11/h3-6,9,12-13,16H,7-8H2,1-2H3/t12-,13-/m1/s1. The summed E-state index contributed by atoms with van der Waals surface area (Å²) in [7, 11) is -3.42. The third-order valence-corrected chi connectivity index (χ3v) is 5.45. The molecule has 20 heavy (non-hydrogen) atoms. The minimum Gasteiger partial charge on any atom is -0.486 e. The molecule has 7 heteroatoms. The van der Waals surface area contributed by atoms with E-state index in [1.807, 2.05) is 0 Å². The summed E-state index contributed by atoms with van der Waals surface area (Å²) in [6.45, 7) is 3.24. The fourth-order valence-electron chi connectivity index (χ4n) is 2.06. The Balaban J connectivity index is 2.09. The quantitative estimate of drug-likeness (QED) is 0.901. The van der Waals surface area contributed by atoms with Crippen LogP contribution in [0.25, 0.3) is 0 Å². The van der Waals surface area contributed by atoms with Gasteiger partial charge >= 0.3 is 0 Å². The molecule has 0 bridgehead atoms. The van der Waals surface area contributed by atoms with Gasteiger partial charge in [-0.15, -0.1) is 0 Å². The van der Waals surface area contributed by atoms with Crippen LogP contribution in [0.4, 0.5) is 4.39 Å². The van der Waals surface area contributed by atoms with Crippen molar-refractivity contribution in [3.8, 4) is 5.75 Å². The molecule has 0 amide bonds. The van der Waals surface area contributed by atoms with E-state index < -0.39 is 33.3 Å². The maximum Gasteiger partial charge on any atom is 0.216 e. The smallest absolute Gasteiger partial charge is 0.216 e. The average Bonchev–Trinajstić information content (AvgIpc) is 2.71. The second-order valence-electron chi connectivity index (χ2n) is 5.09. The number of aliphatic hydroxyl groups is 1. The van der Waals surface area contributed by atoms with E-state index in [1.165, 1.54) is 22.5 Å². The Morgan fingerprint density at radius 1 is 1.40 bits per heavy atom. The van der Waals surface area contributed by atoms with Crippen molar-refractivity contribution >= 4 is 10.0 Å². The highest BCUT2D eigenvalue weighted by molar-refractivity contribution is 7.89. The molecule has 1 aromatic carbocycles. The summed E-state index contributed by atoms with van der Waals surface area (Å²) < 4.78 is 43.8. The molecule has 1 saturated heterocycles. The van der Waals surface area contributed by atoms with Crippen molar-refractivity contribution < 1.29 is 22.7 Å². The molecule has 112 valence electrons. The average molecular weight is 303 g/mol. The van der Waals surface area contributed by atoms with Crippen molar-refractivity contribution in [3.63, 3.8) is 0 Å². The molecule has 0 radical (unpaired) electrons. The number of nitrogens with zero attached hydrogens (tertiary/aromatic N) is 1. The highest BCUT2D eigenvalue weighted by Gasteiger charge is 2.40. The van der Waals surface area contributed by atoms with Gasteiger partial charge in [-0.2, -0.15) is 4.31 Å². The number of aliphatic hydroxyl groups excluding tert-OH is 1. The molecular formula is C13H18FNO4S. The molecule has 1 heterocycles. The van der Waals surface area contributed by atoms with Crippen molar-refractivity contribution in [2.24, 2.45) is 0 Å². The van der Waals surface area contributed by atoms with Crippen LogP contribution < -0.4 is 4.74 Å².